The Bertz CT molecular complexity index is 670. The highest BCUT2D eigenvalue weighted by atomic mass is 19.1. The van der Waals surface area contributed by atoms with Crippen LogP contribution in [0.4, 0.5) is 8.78 Å². The van der Waals surface area contributed by atoms with Gasteiger partial charge in [-0.25, -0.2) is 8.78 Å². The maximum atomic E-state index is 14.4. The molecule has 0 atom stereocenters. The highest BCUT2D eigenvalue weighted by molar-refractivity contribution is 6.03. The van der Waals surface area contributed by atoms with Gasteiger partial charge in [0.05, 0.1) is 12.7 Å². The maximum absolute atomic E-state index is 14.4. The van der Waals surface area contributed by atoms with Crippen LogP contribution in [-0.4, -0.2) is 13.0 Å². The number of carbonyl (C=O) groups excluding carboxylic acids is 1. The molecule has 0 aromatic heterocycles. The molecular weight excluding hydrogens is 264 g/mol. The van der Waals surface area contributed by atoms with E-state index in [0.717, 1.165) is 0 Å². The number of benzene rings is 2. The molecule has 0 spiro atoms. The first kappa shape index (κ1) is 14.0. The van der Waals surface area contributed by atoms with Crippen LogP contribution in [0.25, 0.3) is 11.1 Å². The third-order valence-corrected chi connectivity index (χ3v) is 3.07. The van der Waals surface area contributed by atoms with Gasteiger partial charge in [-0.05, 0) is 12.5 Å². The van der Waals surface area contributed by atoms with Crippen LogP contribution in [0.1, 0.15) is 15.9 Å². The number of nitrogens with two attached hydrogens (primary N) is 1. The van der Waals surface area contributed by atoms with E-state index < -0.39 is 17.5 Å². The second-order valence-electron chi connectivity index (χ2n) is 4.27. The van der Waals surface area contributed by atoms with Gasteiger partial charge in [0.1, 0.15) is 5.82 Å². The Balaban J connectivity index is 2.92. The fraction of sp³-hybridized carbons (Fsp3) is 0.133. The van der Waals surface area contributed by atoms with Gasteiger partial charge in [0.15, 0.2) is 11.6 Å². The molecule has 1 amide bonds. The number of rotatable bonds is 3. The van der Waals surface area contributed by atoms with Gasteiger partial charge in [-0.3, -0.25) is 4.79 Å². The van der Waals surface area contributed by atoms with Crippen molar-refractivity contribution in [2.45, 2.75) is 6.92 Å². The number of carbonyl (C=O) groups is 1. The Morgan fingerprint density at radius 2 is 1.75 bits per heavy atom. The number of ether oxygens (including phenoxy) is 1. The van der Waals surface area contributed by atoms with Crippen molar-refractivity contribution in [3.05, 3.63) is 53.1 Å². The predicted octanol–water partition coefficient (Wildman–Crippen LogP) is 3.05. The summed E-state index contributed by atoms with van der Waals surface area (Å²) in [5.74, 6) is -3.02. The molecule has 0 aliphatic carbocycles. The average Bonchev–Trinajstić information content (AvgIpc) is 2.45. The van der Waals surface area contributed by atoms with Crippen LogP contribution in [-0.2, 0) is 0 Å². The normalized spacial score (nSPS) is 10.4. The molecule has 2 aromatic rings. The fourth-order valence-electron chi connectivity index (χ4n) is 2.09. The molecule has 5 heteroatoms. The SMILES string of the molecule is COc1c(F)c(C)c(F)c(-c2ccccc2)c1C(N)=O. The van der Waals surface area contributed by atoms with Crippen molar-refractivity contribution < 1.29 is 18.3 Å². The minimum absolute atomic E-state index is 0.0474. The molecule has 0 saturated heterocycles. The van der Waals surface area contributed by atoms with Crippen LogP contribution in [0.5, 0.6) is 5.75 Å². The Labute approximate surface area is 115 Å². The lowest BCUT2D eigenvalue weighted by Crippen LogP contribution is -2.17. The summed E-state index contributed by atoms with van der Waals surface area (Å²) in [5, 5.41) is 0. The largest absolute Gasteiger partial charge is 0.493 e. The van der Waals surface area contributed by atoms with Gasteiger partial charge < -0.3 is 10.5 Å². The molecule has 0 radical (unpaired) electrons. The van der Waals surface area contributed by atoms with Crippen molar-refractivity contribution in [2.75, 3.05) is 7.11 Å². The van der Waals surface area contributed by atoms with Crippen LogP contribution in [0.3, 0.4) is 0 Å². The minimum Gasteiger partial charge on any atom is -0.493 e. The third-order valence-electron chi connectivity index (χ3n) is 3.07. The van der Waals surface area contributed by atoms with Crippen LogP contribution >= 0.6 is 0 Å². The second kappa shape index (κ2) is 5.28. The molecule has 0 bridgehead atoms. The van der Waals surface area contributed by atoms with Gasteiger partial charge in [0.2, 0.25) is 0 Å². The zero-order chi connectivity index (χ0) is 14.9. The molecule has 0 aliphatic rings. The number of halogens is 2. The van der Waals surface area contributed by atoms with E-state index in [1.54, 1.807) is 30.3 Å². The molecule has 0 aliphatic heterocycles. The van der Waals surface area contributed by atoms with Crippen molar-refractivity contribution >= 4 is 5.91 Å². The summed E-state index contributed by atoms with van der Waals surface area (Å²) in [5.41, 5.74) is 5.14. The smallest absolute Gasteiger partial charge is 0.253 e. The molecular formula is C15H13F2NO2. The van der Waals surface area contributed by atoms with Gasteiger partial charge in [0.25, 0.3) is 5.91 Å². The topological polar surface area (TPSA) is 52.3 Å². The molecule has 2 rings (SSSR count). The van der Waals surface area contributed by atoms with Crippen molar-refractivity contribution in [3.63, 3.8) is 0 Å². The highest BCUT2D eigenvalue weighted by Gasteiger charge is 2.27. The van der Waals surface area contributed by atoms with E-state index in [4.69, 9.17) is 10.5 Å². The standard InChI is InChI=1S/C15H13F2NO2/c1-8-12(16)10(9-6-4-3-5-7-9)11(15(18)19)14(20-2)13(8)17/h3-7H,1-2H3,(H2,18,19). The molecule has 104 valence electrons. The van der Waals surface area contributed by atoms with Gasteiger partial charge in [-0.1, -0.05) is 30.3 Å². The maximum Gasteiger partial charge on any atom is 0.253 e. The molecule has 20 heavy (non-hydrogen) atoms. The number of amides is 1. The third kappa shape index (κ3) is 2.11. The summed E-state index contributed by atoms with van der Waals surface area (Å²) < 4.78 is 33.3. The minimum atomic E-state index is -0.946. The lowest BCUT2D eigenvalue weighted by Gasteiger charge is -2.16. The summed E-state index contributed by atoms with van der Waals surface area (Å²) in [7, 11) is 1.21. The fourth-order valence-corrected chi connectivity index (χ4v) is 2.09. The Hall–Kier alpha value is -2.43. The first-order chi connectivity index (χ1) is 9.49. The van der Waals surface area contributed by atoms with Crippen molar-refractivity contribution in [3.8, 4) is 16.9 Å². The highest BCUT2D eigenvalue weighted by Crippen LogP contribution is 2.37. The molecule has 0 saturated carbocycles. The van der Waals surface area contributed by atoms with E-state index >= 15 is 0 Å². The predicted molar refractivity (Wildman–Crippen MR) is 71.6 cm³/mol. The van der Waals surface area contributed by atoms with E-state index in [1.165, 1.54) is 14.0 Å². The van der Waals surface area contributed by atoms with Gasteiger partial charge in [-0.2, -0.15) is 0 Å². The Morgan fingerprint density at radius 1 is 1.15 bits per heavy atom. The summed E-state index contributed by atoms with van der Waals surface area (Å²) >= 11 is 0. The first-order valence-corrected chi connectivity index (χ1v) is 5.89. The summed E-state index contributed by atoms with van der Waals surface area (Å²) in [6.07, 6.45) is 0. The number of primary amides is 1. The Kier molecular flexibility index (Phi) is 3.70. The van der Waals surface area contributed by atoms with Crippen LogP contribution in [0.2, 0.25) is 0 Å². The average molecular weight is 277 g/mol. The first-order valence-electron chi connectivity index (χ1n) is 5.89. The van der Waals surface area contributed by atoms with Crippen molar-refractivity contribution in [1.29, 1.82) is 0 Å². The summed E-state index contributed by atoms with van der Waals surface area (Å²) in [6.45, 7) is 1.28. The monoisotopic (exact) mass is 277 g/mol. The number of methoxy groups -OCH3 is 1. The van der Waals surface area contributed by atoms with Crippen LogP contribution < -0.4 is 10.5 Å². The molecule has 3 nitrogen and oxygen atoms in total. The summed E-state index contributed by atoms with van der Waals surface area (Å²) in [6, 6.07) is 8.34. The van der Waals surface area contributed by atoms with E-state index in [0.29, 0.717) is 5.56 Å². The molecule has 2 aromatic carbocycles. The van der Waals surface area contributed by atoms with Crippen LogP contribution in [0, 0.1) is 18.6 Å². The summed E-state index contributed by atoms with van der Waals surface area (Å²) in [4.78, 5) is 11.6. The number of hydrogen-bond donors (Lipinski definition) is 1. The lowest BCUT2D eigenvalue weighted by atomic mass is 9.95. The zero-order valence-corrected chi connectivity index (χ0v) is 11.0. The van der Waals surface area contributed by atoms with E-state index in [1.807, 2.05) is 0 Å². The zero-order valence-electron chi connectivity index (χ0n) is 11.0. The van der Waals surface area contributed by atoms with Crippen LogP contribution in [0.15, 0.2) is 30.3 Å². The van der Waals surface area contributed by atoms with Crippen molar-refractivity contribution in [2.24, 2.45) is 5.73 Å². The molecule has 0 fully saturated rings. The quantitative estimate of drug-likeness (QED) is 0.937. The van der Waals surface area contributed by atoms with Gasteiger partial charge >= 0.3 is 0 Å². The number of hydrogen-bond acceptors (Lipinski definition) is 2. The van der Waals surface area contributed by atoms with E-state index in [-0.39, 0.29) is 22.4 Å². The van der Waals surface area contributed by atoms with E-state index in [2.05, 4.69) is 0 Å². The van der Waals surface area contributed by atoms with Gasteiger partial charge in [0, 0.05) is 11.1 Å². The Morgan fingerprint density at radius 3 is 2.25 bits per heavy atom. The molecule has 0 unspecified atom stereocenters. The molecule has 0 heterocycles. The molecule has 2 N–H and O–H groups in total. The second-order valence-corrected chi connectivity index (χ2v) is 4.27. The lowest BCUT2D eigenvalue weighted by molar-refractivity contribution is 0.0996. The van der Waals surface area contributed by atoms with Crippen molar-refractivity contribution in [1.82, 2.24) is 0 Å². The van der Waals surface area contributed by atoms with E-state index in [9.17, 15) is 13.6 Å². The van der Waals surface area contributed by atoms with Gasteiger partial charge in [-0.15, -0.1) is 0 Å².